The Kier molecular flexibility index (Phi) is 8.49. The molecule has 62 heavy (non-hydrogen) atoms. The molecule has 0 amide bonds. The number of hydrogen-bond acceptors (Lipinski definition) is 4. The Balaban J connectivity index is 1.14. The molecule has 7 heteroatoms. The normalized spacial score (nSPS) is 12.1. The molecule has 0 saturated heterocycles. The van der Waals surface area contributed by atoms with Crippen LogP contribution in [0.25, 0.3) is 67.3 Å². The topological polar surface area (TPSA) is 51.8 Å². The maximum atomic E-state index is 5.07. The maximum absolute atomic E-state index is 5.07. The molecule has 0 aliphatic carbocycles. The fraction of sp³-hybridized carbons (Fsp3) is 0. The zero-order valence-corrected chi connectivity index (χ0v) is 33.6. The van der Waals surface area contributed by atoms with Crippen LogP contribution in [0.3, 0.4) is 0 Å². The SMILES string of the molecule is c1ccc(B2c3c(c4ccccc4n3-c3ccccc3)N(c3ccc(-c4nc(-c5ccccc5)nc(-c5ccccc5)n4)cc3)c3c2n(-c2ccccc2)c2ccccc32)cc1. The third-order valence-electron chi connectivity index (χ3n) is 12.0. The van der Waals surface area contributed by atoms with Crippen LogP contribution in [0.4, 0.5) is 17.1 Å². The van der Waals surface area contributed by atoms with Crippen molar-refractivity contribution in [1.82, 2.24) is 24.1 Å². The number of nitrogens with zero attached hydrogens (tertiary/aromatic N) is 6. The number of rotatable bonds is 7. The van der Waals surface area contributed by atoms with Gasteiger partial charge in [0.15, 0.2) is 17.5 Å². The maximum Gasteiger partial charge on any atom is 0.289 e. The molecule has 0 fully saturated rings. The molecule has 0 N–H and O–H groups in total. The standard InChI is InChI=1S/C55H37BN6/c1-6-20-38(21-7-1)53-57-54(39-22-8-2-9-23-39)59-55(58-53)40-34-36-44(37-35-40)62-49-45-30-16-18-32-47(45)60(42-26-12-4-13-27-42)51(49)56(41-24-10-3-11-25-41)52-50(62)46-31-17-19-33-48(46)61(52)43-28-14-5-15-29-43/h1-37H. The smallest absolute Gasteiger partial charge is 0.289 e. The summed E-state index contributed by atoms with van der Waals surface area (Å²) in [4.78, 5) is 17.6. The fourth-order valence-corrected chi connectivity index (χ4v) is 9.36. The molecule has 8 aromatic carbocycles. The van der Waals surface area contributed by atoms with E-state index >= 15 is 0 Å². The van der Waals surface area contributed by atoms with Gasteiger partial charge in [-0.05, 0) is 60.7 Å². The van der Waals surface area contributed by atoms with E-state index in [0.29, 0.717) is 17.5 Å². The minimum absolute atomic E-state index is 0.130. The van der Waals surface area contributed by atoms with E-state index < -0.39 is 0 Å². The number of anilines is 3. The van der Waals surface area contributed by atoms with Crippen LogP contribution in [-0.2, 0) is 0 Å². The first kappa shape index (κ1) is 35.6. The molecule has 3 aromatic heterocycles. The summed E-state index contributed by atoms with van der Waals surface area (Å²) in [5.74, 6) is 1.89. The third kappa shape index (κ3) is 5.78. The second kappa shape index (κ2) is 14.8. The van der Waals surface area contributed by atoms with Gasteiger partial charge in [0, 0.05) is 55.7 Å². The minimum atomic E-state index is -0.130. The Labute approximate surface area is 359 Å². The first-order valence-electron chi connectivity index (χ1n) is 21.0. The van der Waals surface area contributed by atoms with Crippen LogP contribution in [0.1, 0.15) is 0 Å². The molecule has 11 aromatic rings. The Bertz CT molecular complexity index is 3200. The predicted octanol–water partition coefficient (Wildman–Crippen LogP) is 11.1. The molecule has 12 rings (SSSR count). The summed E-state index contributed by atoms with van der Waals surface area (Å²) in [6.07, 6.45) is 0. The summed E-state index contributed by atoms with van der Waals surface area (Å²) < 4.78 is 4.97. The largest absolute Gasteiger partial charge is 0.319 e. The minimum Gasteiger partial charge on any atom is -0.319 e. The lowest BCUT2D eigenvalue weighted by Gasteiger charge is -2.35. The molecule has 0 atom stereocenters. The van der Waals surface area contributed by atoms with Crippen molar-refractivity contribution in [3.05, 3.63) is 224 Å². The first-order valence-corrected chi connectivity index (χ1v) is 21.0. The molecule has 0 bridgehead atoms. The van der Waals surface area contributed by atoms with Gasteiger partial charge in [0.25, 0.3) is 6.71 Å². The highest BCUT2D eigenvalue weighted by Crippen LogP contribution is 2.46. The van der Waals surface area contributed by atoms with Crippen molar-refractivity contribution in [1.29, 1.82) is 0 Å². The van der Waals surface area contributed by atoms with Gasteiger partial charge in [-0.15, -0.1) is 0 Å². The lowest BCUT2D eigenvalue weighted by Crippen LogP contribution is -2.60. The van der Waals surface area contributed by atoms with E-state index in [1.807, 2.05) is 60.7 Å². The molecular weight excluding hydrogens is 755 g/mol. The van der Waals surface area contributed by atoms with Crippen molar-refractivity contribution in [2.75, 3.05) is 4.90 Å². The van der Waals surface area contributed by atoms with Gasteiger partial charge in [0.2, 0.25) is 0 Å². The van der Waals surface area contributed by atoms with E-state index in [-0.39, 0.29) is 6.71 Å². The van der Waals surface area contributed by atoms with Crippen LogP contribution >= 0.6 is 0 Å². The van der Waals surface area contributed by atoms with Crippen molar-refractivity contribution >= 4 is 62.2 Å². The van der Waals surface area contributed by atoms with Gasteiger partial charge in [0.05, 0.1) is 22.4 Å². The van der Waals surface area contributed by atoms with Crippen molar-refractivity contribution in [2.24, 2.45) is 0 Å². The van der Waals surface area contributed by atoms with E-state index in [9.17, 15) is 0 Å². The highest BCUT2D eigenvalue weighted by Gasteiger charge is 2.44. The fourth-order valence-electron chi connectivity index (χ4n) is 9.36. The molecule has 4 heterocycles. The van der Waals surface area contributed by atoms with Crippen molar-refractivity contribution in [2.45, 2.75) is 0 Å². The number of benzene rings is 8. The van der Waals surface area contributed by atoms with Crippen molar-refractivity contribution < 1.29 is 0 Å². The molecule has 0 radical (unpaired) electrons. The third-order valence-corrected chi connectivity index (χ3v) is 12.0. The average Bonchev–Trinajstić information content (AvgIpc) is 3.88. The van der Waals surface area contributed by atoms with Gasteiger partial charge in [0.1, 0.15) is 0 Å². The Hall–Kier alpha value is -8.29. The van der Waals surface area contributed by atoms with Crippen LogP contribution < -0.4 is 21.5 Å². The average molecular weight is 793 g/mol. The molecular formula is C55H37BN6. The zero-order valence-electron chi connectivity index (χ0n) is 33.6. The molecule has 6 nitrogen and oxygen atoms in total. The lowest BCUT2D eigenvalue weighted by atomic mass is 9.38. The van der Waals surface area contributed by atoms with E-state index in [0.717, 1.165) is 56.2 Å². The molecule has 1 aliphatic heterocycles. The van der Waals surface area contributed by atoms with Crippen LogP contribution in [0.15, 0.2) is 224 Å². The van der Waals surface area contributed by atoms with E-state index in [2.05, 4.69) is 178 Å². The summed E-state index contributed by atoms with van der Waals surface area (Å²) in [5.41, 5.74) is 14.3. The Morgan fingerprint density at radius 3 is 1.10 bits per heavy atom. The van der Waals surface area contributed by atoms with Gasteiger partial charge >= 0.3 is 0 Å². The number of para-hydroxylation sites is 4. The Morgan fingerprint density at radius 2 is 0.661 bits per heavy atom. The quantitative estimate of drug-likeness (QED) is 0.151. The predicted molar refractivity (Wildman–Crippen MR) is 256 cm³/mol. The monoisotopic (exact) mass is 792 g/mol. The number of aromatic nitrogens is 5. The Morgan fingerprint density at radius 1 is 0.306 bits per heavy atom. The van der Waals surface area contributed by atoms with Gasteiger partial charge in [-0.2, -0.15) is 0 Å². The summed E-state index contributed by atoms with van der Waals surface area (Å²) in [6.45, 7) is -0.130. The first-order chi connectivity index (χ1) is 30.8. The van der Waals surface area contributed by atoms with E-state index in [4.69, 9.17) is 15.0 Å². The lowest BCUT2D eigenvalue weighted by molar-refractivity contribution is 1.07. The van der Waals surface area contributed by atoms with Gasteiger partial charge in [-0.25, -0.2) is 15.0 Å². The van der Waals surface area contributed by atoms with Gasteiger partial charge < -0.3 is 14.0 Å². The van der Waals surface area contributed by atoms with Crippen molar-refractivity contribution in [3.63, 3.8) is 0 Å². The van der Waals surface area contributed by atoms with Gasteiger partial charge in [-0.3, -0.25) is 0 Å². The van der Waals surface area contributed by atoms with Crippen LogP contribution in [-0.4, -0.2) is 30.8 Å². The van der Waals surface area contributed by atoms with Crippen LogP contribution in [0.5, 0.6) is 0 Å². The highest BCUT2D eigenvalue weighted by atomic mass is 15.2. The second-order valence-electron chi connectivity index (χ2n) is 15.6. The molecule has 0 spiro atoms. The highest BCUT2D eigenvalue weighted by molar-refractivity contribution is 6.98. The number of fused-ring (bicyclic) bond motifs is 6. The van der Waals surface area contributed by atoms with E-state index in [1.54, 1.807) is 0 Å². The molecule has 290 valence electrons. The number of hydrogen-bond donors (Lipinski definition) is 0. The van der Waals surface area contributed by atoms with Crippen LogP contribution in [0.2, 0.25) is 0 Å². The second-order valence-corrected chi connectivity index (χ2v) is 15.6. The summed E-state index contributed by atoms with van der Waals surface area (Å²) in [5, 5.41) is 2.35. The molecule has 1 aliphatic rings. The van der Waals surface area contributed by atoms with E-state index in [1.165, 1.54) is 27.4 Å². The molecule has 0 saturated carbocycles. The van der Waals surface area contributed by atoms with Crippen LogP contribution in [0, 0.1) is 0 Å². The zero-order chi connectivity index (χ0) is 41.0. The molecule has 0 unspecified atom stereocenters. The summed E-state index contributed by atoms with van der Waals surface area (Å²) in [7, 11) is 0. The van der Waals surface area contributed by atoms with Crippen molar-refractivity contribution in [3.8, 4) is 45.5 Å². The summed E-state index contributed by atoms with van der Waals surface area (Å²) >= 11 is 0. The van der Waals surface area contributed by atoms with Gasteiger partial charge in [-0.1, -0.05) is 169 Å². The summed E-state index contributed by atoms with van der Waals surface area (Å²) in [6, 6.07) is 79.3.